The van der Waals surface area contributed by atoms with Crippen molar-refractivity contribution in [2.75, 3.05) is 12.4 Å². The number of nitrogens with zero attached hydrogens (tertiary/aromatic N) is 6. The van der Waals surface area contributed by atoms with Gasteiger partial charge < -0.3 is 15.0 Å². The summed E-state index contributed by atoms with van der Waals surface area (Å²) in [4.78, 5) is 12.0. The molecule has 190 valence electrons. The summed E-state index contributed by atoms with van der Waals surface area (Å²) >= 11 is 0. The second kappa shape index (κ2) is 10.2. The summed E-state index contributed by atoms with van der Waals surface area (Å²) in [6, 6.07) is 5.85. The smallest absolute Gasteiger partial charge is 0.161 e. The Hall–Kier alpha value is -3.53. The molecule has 9 nitrogen and oxygen atoms in total. The highest BCUT2D eigenvalue weighted by Gasteiger charge is 2.37. The maximum atomic E-state index is 13.4. The number of halogens is 1. The van der Waals surface area contributed by atoms with E-state index >= 15 is 0 Å². The summed E-state index contributed by atoms with van der Waals surface area (Å²) in [6.45, 7) is 6.20. The largest absolute Gasteiger partial charge is 0.381 e. The van der Waals surface area contributed by atoms with Gasteiger partial charge in [-0.3, -0.25) is 10.1 Å². The number of allylic oxidation sites excluding steroid dienone is 1. The Morgan fingerprint density at radius 2 is 1.97 bits per heavy atom. The lowest BCUT2D eigenvalue weighted by atomic mass is 9.84. The maximum absolute atomic E-state index is 13.4. The number of hydrogen-bond acceptors (Lipinski definition) is 7. The van der Waals surface area contributed by atoms with Crippen molar-refractivity contribution in [3.05, 3.63) is 65.8 Å². The fourth-order valence-electron chi connectivity index (χ4n) is 5.20. The van der Waals surface area contributed by atoms with E-state index in [1.165, 1.54) is 17.1 Å². The monoisotopic (exact) mass is 492 g/mol. The second-order valence-electron chi connectivity index (χ2n) is 9.68. The number of H-pyrrole nitrogens is 1. The van der Waals surface area contributed by atoms with Crippen molar-refractivity contribution in [2.24, 2.45) is 10.9 Å². The number of anilines is 1. The lowest BCUT2D eigenvalue weighted by Gasteiger charge is -2.45. The number of aryl methyl sites for hydroxylation is 1. The number of pyridine rings is 1. The molecule has 2 N–H and O–H groups in total. The zero-order chi connectivity index (χ0) is 25.2. The van der Waals surface area contributed by atoms with Crippen LogP contribution in [-0.4, -0.2) is 55.0 Å². The van der Waals surface area contributed by atoms with E-state index in [0.717, 1.165) is 54.3 Å². The molecule has 1 unspecified atom stereocenters. The SMILES string of the molecule is CO[C@H]1CC[C@@H](C2N=C(C)C=C(Nc3cc(C)[nH]n3)N2[C@@H](C)c2ccc(-n3cc(F)cn3)nc2)CC1. The summed E-state index contributed by atoms with van der Waals surface area (Å²) in [5.74, 6) is 2.30. The molecule has 36 heavy (non-hydrogen) atoms. The van der Waals surface area contributed by atoms with E-state index in [1.807, 2.05) is 38.2 Å². The summed E-state index contributed by atoms with van der Waals surface area (Å²) in [5.41, 5.74) is 3.01. The molecule has 1 fully saturated rings. The molecular weight excluding hydrogens is 459 g/mol. The molecule has 2 atom stereocenters. The van der Waals surface area contributed by atoms with Gasteiger partial charge in [-0.05, 0) is 70.1 Å². The molecule has 0 saturated heterocycles. The second-order valence-corrected chi connectivity index (χ2v) is 9.68. The molecule has 5 rings (SSSR count). The molecule has 1 aliphatic heterocycles. The van der Waals surface area contributed by atoms with E-state index in [9.17, 15) is 4.39 Å². The van der Waals surface area contributed by atoms with Crippen LogP contribution in [0.4, 0.5) is 10.2 Å². The van der Waals surface area contributed by atoms with Crippen molar-refractivity contribution in [1.29, 1.82) is 0 Å². The number of hydrogen-bond donors (Lipinski definition) is 2. The molecule has 0 bridgehead atoms. The van der Waals surface area contributed by atoms with Crippen molar-refractivity contribution < 1.29 is 9.13 Å². The van der Waals surface area contributed by atoms with E-state index in [-0.39, 0.29) is 12.2 Å². The highest BCUT2D eigenvalue weighted by Crippen LogP contribution is 2.38. The zero-order valence-electron chi connectivity index (χ0n) is 21.1. The van der Waals surface area contributed by atoms with Gasteiger partial charge in [0.15, 0.2) is 17.5 Å². The lowest BCUT2D eigenvalue weighted by Crippen LogP contribution is -2.46. The third-order valence-corrected chi connectivity index (χ3v) is 7.14. The highest BCUT2D eigenvalue weighted by molar-refractivity contribution is 5.94. The minimum Gasteiger partial charge on any atom is -0.381 e. The average Bonchev–Trinajstić information content (AvgIpc) is 3.51. The Morgan fingerprint density at radius 3 is 2.58 bits per heavy atom. The van der Waals surface area contributed by atoms with Gasteiger partial charge in [0.2, 0.25) is 0 Å². The number of aromatic nitrogens is 5. The molecule has 4 heterocycles. The van der Waals surface area contributed by atoms with E-state index in [4.69, 9.17) is 9.73 Å². The van der Waals surface area contributed by atoms with E-state index < -0.39 is 5.82 Å². The molecular formula is C26H33FN8O. The van der Waals surface area contributed by atoms with Gasteiger partial charge in [-0.2, -0.15) is 10.2 Å². The molecule has 3 aromatic heterocycles. The van der Waals surface area contributed by atoms with Crippen LogP contribution in [0.1, 0.15) is 56.8 Å². The molecule has 0 aromatic carbocycles. The third-order valence-electron chi connectivity index (χ3n) is 7.14. The number of methoxy groups -OCH3 is 1. The number of aliphatic imine (C=N–C) groups is 1. The van der Waals surface area contributed by atoms with Gasteiger partial charge in [-0.25, -0.2) is 14.1 Å². The minimum atomic E-state index is -0.392. The van der Waals surface area contributed by atoms with Crippen molar-refractivity contribution in [2.45, 2.75) is 64.8 Å². The van der Waals surface area contributed by atoms with Crippen molar-refractivity contribution in [1.82, 2.24) is 29.9 Å². The van der Waals surface area contributed by atoms with Gasteiger partial charge in [0.25, 0.3) is 0 Å². The Balaban J connectivity index is 1.45. The summed E-state index contributed by atoms with van der Waals surface area (Å²) in [5, 5.41) is 14.9. The Morgan fingerprint density at radius 1 is 1.17 bits per heavy atom. The number of aromatic amines is 1. The molecule has 2 aliphatic rings. The van der Waals surface area contributed by atoms with Crippen LogP contribution in [0.3, 0.4) is 0 Å². The first-order valence-electron chi connectivity index (χ1n) is 12.4. The van der Waals surface area contributed by atoms with Crippen LogP contribution in [0.5, 0.6) is 0 Å². The van der Waals surface area contributed by atoms with Crippen LogP contribution in [0.15, 0.2) is 53.7 Å². The Labute approximate surface area is 210 Å². The normalized spacial score (nSPS) is 23.2. The van der Waals surface area contributed by atoms with Gasteiger partial charge in [-0.15, -0.1) is 0 Å². The summed E-state index contributed by atoms with van der Waals surface area (Å²) in [7, 11) is 1.80. The van der Waals surface area contributed by atoms with Gasteiger partial charge in [-0.1, -0.05) is 6.07 Å². The molecule has 0 radical (unpaired) electrons. The van der Waals surface area contributed by atoms with E-state index in [1.54, 1.807) is 7.11 Å². The molecule has 0 amide bonds. The fraction of sp³-hybridized carbons (Fsp3) is 0.462. The van der Waals surface area contributed by atoms with Crippen LogP contribution in [0.2, 0.25) is 0 Å². The molecule has 0 spiro atoms. The number of nitrogens with one attached hydrogen (secondary N) is 2. The predicted octanol–water partition coefficient (Wildman–Crippen LogP) is 4.76. The molecule has 1 aliphatic carbocycles. The van der Waals surface area contributed by atoms with Crippen LogP contribution in [0, 0.1) is 18.7 Å². The lowest BCUT2D eigenvalue weighted by molar-refractivity contribution is 0.0337. The van der Waals surface area contributed by atoms with Gasteiger partial charge in [0.1, 0.15) is 12.0 Å². The topological polar surface area (TPSA) is 96.2 Å². The third kappa shape index (κ3) is 5.04. The highest BCUT2D eigenvalue weighted by atomic mass is 19.1. The molecule has 3 aromatic rings. The van der Waals surface area contributed by atoms with Crippen molar-refractivity contribution >= 4 is 11.5 Å². The average molecular weight is 493 g/mol. The quantitative estimate of drug-likeness (QED) is 0.494. The van der Waals surface area contributed by atoms with Crippen LogP contribution >= 0.6 is 0 Å². The summed E-state index contributed by atoms with van der Waals surface area (Å²) < 4.78 is 20.5. The number of ether oxygens (including phenoxy) is 1. The first kappa shape index (κ1) is 24.2. The van der Waals surface area contributed by atoms with Gasteiger partial charge >= 0.3 is 0 Å². The van der Waals surface area contributed by atoms with Crippen molar-refractivity contribution in [3.63, 3.8) is 0 Å². The molecule has 10 heteroatoms. The number of rotatable bonds is 7. The Kier molecular flexibility index (Phi) is 6.86. The zero-order valence-corrected chi connectivity index (χ0v) is 21.1. The van der Waals surface area contributed by atoms with Gasteiger partial charge in [0, 0.05) is 30.8 Å². The van der Waals surface area contributed by atoms with Crippen LogP contribution in [-0.2, 0) is 4.74 Å². The van der Waals surface area contributed by atoms with Crippen molar-refractivity contribution in [3.8, 4) is 5.82 Å². The molecule has 1 saturated carbocycles. The minimum absolute atomic E-state index is 0.0229. The van der Waals surface area contributed by atoms with E-state index in [2.05, 4.69) is 43.5 Å². The van der Waals surface area contributed by atoms with Crippen LogP contribution < -0.4 is 5.32 Å². The van der Waals surface area contributed by atoms with Gasteiger partial charge in [0.05, 0.1) is 24.5 Å². The maximum Gasteiger partial charge on any atom is 0.161 e. The summed E-state index contributed by atoms with van der Waals surface area (Å²) in [6.07, 6.45) is 10.9. The Bertz CT molecular complexity index is 1240. The standard InChI is InChI=1S/C26H33FN8O/c1-16-12-25(31-23-11-17(2)32-33-23)35(26(30-16)19-5-8-22(36-4)9-6-19)18(3)20-7-10-24(28-13-20)34-15-21(27)14-29-34/h7,10-15,18-19,22,26H,5-6,8-9H2,1-4H3,(H2,31,32,33)/t18-,19-,22+,26?/m0/s1. The van der Waals surface area contributed by atoms with Crippen LogP contribution in [0.25, 0.3) is 5.82 Å². The fourth-order valence-corrected chi connectivity index (χ4v) is 5.20. The first-order valence-corrected chi connectivity index (χ1v) is 12.4. The van der Waals surface area contributed by atoms with E-state index in [0.29, 0.717) is 17.8 Å². The first-order chi connectivity index (χ1) is 17.4. The predicted molar refractivity (Wildman–Crippen MR) is 136 cm³/mol.